The summed E-state index contributed by atoms with van der Waals surface area (Å²) in [5.74, 6) is 0.279. The Morgan fingerprint density at radius 1 is 0.947 bits per heavy atom. The molecule has 0 fully saturated rings. The molecule has 3 heteroatoms. The quantitative estimate of drug-likeness (QED) is 0.803. The van der Waals surface area contributed by atoms with Crippen LogP contribution in [0.15, 0.2) is 54.6 Å². The van der Waals surface area contributed by atoms with Crippen LogP contribution in [0, 0.1) is 0 Å². The minimum atomic E-state index is 0.279. The van der Waals surface area contributed by atoms with E-state index in [4.69, 9.17) is 4.74 Å². The van der Waals surface area contributed by atoms with Gasteiger partial charge >= 0.3 is 0 Å². The van der Waals surface area contributed by atoms with Gasteiger partial charge in [0.2, 0.25) is 0 Å². The van der Waals surface area contributed by atoms with E-state index in [0.717, 1.165) is 24.5 Å². The van der Waals surface area contributed by atoms with Crippen molar-refractivity contribution in [3.8, 4) is 5.75 Å². The van der Waals surface area contributed by atoms with E-state index in [1.165, 1.54) is 0 Å². The first-order valence-corrected chi connectivity index (χ1v) is 6.50. The molecule has 0 unspecified atom stereocenters. The number of phenolic OH excluding ortho intramolecular Hbond substituents is 1. The minimum Gasteiger partial charge on any atom is -0.508 e. The second-order valence-electron chi connectivity index (χ2n) is 4.20. The lowest BCUT2D eigenvalue weighted by atomic mass is 10.2. The van der Waals surface area contributed by atoms with Crippen molar-refractivity contribution in [3.05, 3.63) is 54.6 Å². The van der Waals surface area contributed by atoms with Gasteiger partial charge in [0, 0.05) is 24.5 Å². The molecule has 0 saturated carbocycles. The van der Waals surface area contributed by atoms with Crippen molar-refractivity contribution in [3.63, 3.8) is 0 Å². The molecule has 0 aliphatic heterocycles. The van der Waals surface area contributed by atoms with E-state index in [2.05, 4.69) is 17.0 Å². The molecule has 2 aromatic carbocycles. The average Bonchev–Trinajstić information content (AvgIpc) is 2.46. The number of aromatic hydroxyl groups is 1. The Kier molecular flexibility index (Phi) is 4.81. The van der Waals surface area contributed by atoms with Crippen LogP contribution in [0.3, 0.4) is 0 Å². The highest BCUT2D eigenvalue weighted by molar-refractivity contribution is 5.63. The van der Waals surface area contributed by atoms with Gasteiger partial charge in [-0.05, 0) is 43.3 Å². The molecule has 0 spiro atoms. The summed E-state index contributed by atoms with van der Waals surface area (Å²) in [6.45, 7) is 4.17. The van der Waals surface area contributed by atoms with Crippen molar-refractivity contribution in [1.29, 1.82) is 0 Å². The van der Waals surface area contributed by atoms with Gasteiger partial charge in [-0.3, -0.25) is 0 Å². The van der Waals surface area contributed by atoms with E-state index in [9.17, 15) is 5.11 Å². The van der Waals surface area contributed by atoms with Crippen LogP contribution in [0.4, 0.5) is 11.4 Å². The highest BCUT2D eigenvalue weighted by Gasteiger charge is 2.08. The summed E-state index contributed by atoms with van der Waals surface area (Å²) < 4.78 is 5.44. The molecule has 0 saturated heterocycles. The lowest BCUT2D eigenvalue weighted by Gasteiger charge is -2.25. The smallest absolute Gasteiger partial charge is 0.115 e. The first-order chi connectivity index (χ1) is 9.31. The summed E-state index contributed by atoms with van der Waals surface area (Å²) in [7, 11) is 0. The summed E-state index contributed by atoms with van der Waals surface area (Å²) in [5, 5.41) is 9.38. The van der Waals surface area contributed by atoms with E-state index in [1.54, 1.807) is 12.1 Å². The fourth-order valence-electron chi connectivity index (χ4n) is 1.95. The van der Waals surface area contributed by atoms with Gasteiger partial charge in [0.25, 0.3) is 0 Å². The predicted octanol–water partition coefficient (Wildman–Crippen LogP) is 3.57. The summed E-state index contributed by atoms with van der Waals surface area (Å²) >= 11 is 0. The molecular weight excluding hydrogens is 238 g/mol. The van der Waals surface area contributed by atoms with Gasteiger partial charge in [0.15, 0.2) is 0 Å². The zero-order valence-corrected chi connectivity index (χ0v) is 11.1. The van der Waals surface area contributed by atoms with Crippen LogP contribution in [0.5, 0.6) is 5.75 Å². The predicted molar refractivity (Wildman–Crippen MR) is 78.0 cm³/mol. The van der Waals surface area contributed by atoms with Crippen LogP contribution >= 0.6 is 0 Å². The molecule has 0 heterocycles. The van der Waals surface area contributed by atoms with Crippen molar-refractivity contribution in [2.24, 2.45) is 0 Å². The van der Waals surface area contributed by atoms with Gasteiger partial charge in [0.1, 0.15) is 5.75 Å². The molecule has 0 bridgehead atoms. The Balaban J connectivity index is 2.21. The van der Waals surface area contributed by atoms with Crippen LogP contribution < -0.4 is 4.90 Å². The average molecular weight is 257 g/mol. The number of rotatable bonds is 6. The molecule has 100 valence electrons. The Morgan fingerprint density at radius 3 is 2.21 bits per heavy atom. The van der Waals surface area contributed by atoms with Crippen LogP contribution in [0.2, 0.25) is 0 Å². The third-order valence-electron chi connectivity index (χ3n) is 2.89. The standard InChI is InChI=1S/C16H19NO2/c1-2-19-13-12-17(14-6-4-3-5-7-14)15-8-10-16(18)11-9-15/h3-11,18H,2,12-13H2,1H3. The minimum absolute atomic E-state index is 0.279. The molecule has 0 amide bonds. The number of ether oxygens (including phenoxy) is 1. The lowest BCUT2D eigenvalue weighted by molar-refractivity contribution is 0.155. The monoisotopic (exact) mass is 257 g/mol. The van der Waals surface area contributed by atoms with E-state index >= 15 is 0 Å². The number of phenols is 1. The number of benzene rings is 2. The lowest BCUT2D eigenvalue weighted by Crippen LogP contribution is -2.22. The molecule has 0 radical (unpaired) electrons. The van der Waals surface area contributed by atoms with E-state index in [-0.39, 0.29) is 5.75 Å². The van der Waals surface area contributed by atoms with Crippen LogP contribution in [-0.2, 0) is 4.74 Å². The van der Waals surface area contributed by atoms with Crippen LogP contribution in [-0.4, -0.2) is 24.9 Å². The second-order valence-corrected chi connectivity index (χ2v) is 4.20. The maximum absolute atomic E-state index is 9.38. The summed E-state index contributed by atoms with van der Waals surface area (Å²) in [6.07, 6.45) is 0. The first-order valence-electron chi connectivity index (χ1n) is 6.50. The van der Waals surface area contributed by atoms with Gasteiger partial charge in [-0.15, -0.1) is 0 Å². The van der Waals surface area contributed by atoms with Gasteiger partial charge < -0.3 is 14.7 Å². The van der Waals surface area contributed by atoms with Crippen molar-refractivity contribution < 1.29 is 9.84 Å². The molecule has 2 aromatic rings. The number of hydrogen-bond donors (Lipinski definition) is 1. The van der Waals surface area contributed by atoms with Crippen molar-refractivity contribution in [2.45, 2.75) is 6.92 Å². The molecule has 0 aliphatic carbocycles. The van der Waals surface area contributed by atoms with Crippen molar-refractivity contribution in [1.82, 2.24) is 0 Å². The number of hydrogen-bond acceptors (Lipinski definition) is 3. The zero-order valence-electron chi connectivity index (χ0n) is 11.1. The molecule has 0 aromatic heterocycles. The maximum Gasteiger partial charge on any atom is 0.115 e. The summed E-state index contributed by atoms with van der Waals surface area (Å²) in [6, 6.07) is 17.4. The third-order valence-corrected chi connectivity index (χ3v) is 2.89. The second kappa shape index (κ2) is 6.81. The fraction of sp³-hybridized carbons (Fsp3) is 0.250. The molecule has 0 aliphatic rings. The van der Waals surface area contributed by atoms with Gasteiger partial charge in [-0.25, -0.2) is 0 Å². The topological polar surface area (TPSA) is 32.7 Å². The van der Waals surface area contributed by atoms with E-state index in [0.29, 0.717) is 6.61 Å². The molecule has 19 heavy (non-hydrogen) atoms. The SMILES string of the molecule is CCOCCN(c1ccccc1)c1ccc(O)cc1. The largest absolute Gasteiger partial charge is 0.508 e. The van der Waals surface area contributed by atoms with E-state index < -0.39 is 0 Å². The van der Waals surface area contributed by atoms with Crippen molar-refractivity contribution in [2.75, 3.05) is 24.7 Å². The van der Waals surface area contributed by atoms with E-state index in [1.807, 2.05) is 37.3 Å². The Morgan fingerprint density at radius 2 is 1.58 bits per heavy atom. The number of anilines is 2. The van der Waals surface area contributed by atoms with Gasteiger partial charge in [0.05, 0.1) is 6.61 Å². The normalized spacial score (nSPS) is 10.4. The zero-order chi connectivity index (χ0) is 13.5. The third kappa shape index (κ3) is 3.73. The Hall–Kier alpha value is -2.00. The molecule has 0 atom stereocenters. The highest BCUT2D eigenvalue weighted by atomic mass is 16.5. The summed E-state index contributed by atoms with van der Waals surface area (Å²) in [5.41, 5.74) is 2.16. The molecule has 1 N–H and O–H groups in total. The molecule has 3 nitrogen and oxygen atoms in total. The van der Waals surface area contributed by atoms with Crippen LogP contribution in [0.25, 0.3) is 0 Å². The maximum atomic E-state index is 9.38. The van der Waals surface area contributed by atoms with Gasteiger partial charge in [-0.1, -0.05) is 18.2 Å². The van der Waals surface area contributed by atoms with Crippen LogP contribution in [0.1, 0.15) is 6.92 Å². The number of nitrogens with zero attached hydrogens (tertiary/aromatic N) is 1. The number of para-hydroxylation sites is 1. The first kappa shape index (κ1) is 13.4. The van der Waals surface area contributed by atoms with Gasteiger partial charge in [-0.2, -0.15) is 0 Å². The molecule has 2 rings (SSSR count). The molecular formula is C16H19NO2. The Bertz CT molecular complexity index is 482. The summed E-state index contributed by atoms with van der Waals surface area (Å²) in [4.78, 5) is 2.18. The Labute approximate surface area is 114 Å². The highest BCUT2D eigenvalue weighted by Crippen LogP contribution is 2.26. The van der Waals surface area contributed by atoms with Crippen molar-refractivity contribution >= 4 is 11.4 Å². The fourth-order valence-corrected chi connectivity index (χ4v) is 1.95.